The van der Waals surface area contributed by atoms with E-state index in [4.69, 9.17) is 4.74 Å². The molecule has 2 aromatic rings. The van der Waals surface area contributed by atoms with Gasteiger partial charge in [-0.3, -0.25) is 0 Å². The first-order chi connectivity index (χ1) is 9.46. The van der Waals surface area contributed by atoms with Crippen LogP contribution in [0.25, 0.3) is 11.0 Å². The summed E-state index contributed by atoms with van der Waals surface area (Å²) in [5, 5.41) is 11.8. The Morgan fingerprint density at radius 1 is 1.45 bits per heavy atom. The van der Waals surface area contributed by atoms with Crippen LogP contribution in [0, 0.1) is 12.8 Å². The largest absolute Gasteiger partial charge is 0.385 e. The normalized spacial score (nSPS) is 34.0. The van der Waals surface area contributed by atoms with Gasteiger partial charge in [0.1, 0.15) is 17.6 Å². The molecular weight excluding hydrogens is 254 g/mol. The molecule has 0 aromatic carbocycles. The molecule has 5 nitrogen and oxygen atoms in total. The zero-order chi connectivity index (χ0) is 14.5. The smallest absolute Gasteiger partial charge is 0.164 e. The molecule has 5 heteroatoms. The third-order valence-corrected chi connectivity index (χ3v) is 4.65. The maximum atomic E-state index is 10.8. The molecule has 20 heavy (non-hydrogen) atoms. The summed E-state index contributed by atoms with van der Waals surface area (Å²) in [5.41, 5.74) is 0.837. The van der Waals surface area contributed by atoms with Gasteiger partial charge in [-0.2, -0.15) is 0 Å². The third kappa shape index (κ3) is 1.77. The average Bonchev–Trinajstić information content (AvgIpc) is 2.92. The zero-order valence-corrected chi connectivity index (χ0v) is 12.4. The van der Waals surface area contributed by atoms with E-state index >= 15 is 0 Å². The van der Waals surface area contributed by atoms with E-state index in [1.807, 2.05) is 37.6 Å². The zero-order valence-electron chi connectivity index (χ0n) is 12.4. The molecule has 1 aliphatic rings. The van der Waals surface area contributed by atoms with Crippen LogP contribution in [0.15, 0.2) is 18.6 Å². The van der Waals surface area contributed by atoms with Crippen molar-refractivity contribution in [2.75, 3.05) is 0 Å². The second-order valence-electron chi connectivity index (χ2n) is 5.87. The fourth-order valence-electron chi connectivity index (χ4n) is 3.11. The lowest BCUT2D eigenvalue weighted by atomic mass is 9.87. The summed E-state index contributed by atoms with van der Waals surface area (Å²) < 4.78 is 8.01. The van der Waals surface area contributed by atoms with Crippen molar-refractivity contribution in [2.45, 2.75) is 52.0 Å². The number of fused-ring (bicyclic) bond motifs is 1. The lowest BCUT2D eigenvalue weighted by Crippen LogP contribution is -2.37. The van der Waals surface area contributed by atoms with Crippen molar-refractivity contribution in [1.29, 1.82) is 0 Å². The number of hydrogen-bond acceptors (Lipinski definition) is 4. The van der Waals surface area contributed by atoms with Crippen molar-refractivity contribution >= 4 is 11.0 Å². The topological polar surface area (TPSA) is 60.2 Å². The molecule has 1 aliphatic heterocycles. The molecule has 0 spiro atoms. The van der Waals surface area contributed by atoms with Crippen LogP contribution in [-0.4, -0.2) is 31.3 Å². The quantitative estimate of drug-likeness (QED) is 0.914. The summed E-state index contributed by atoms with van der Waals surface area (Å²) in [7, 11) is 0. The molecule has 3 heterocycles. The lowest BCUT2D eigenvalue weighted by molar-refractivity contribution is -0.0830. The van der Waals surface area contributed by atoms with Crippen LogP contribution in [0.3, 0.4) is 0 Å². The molecule has 2 aromatic heterocycles. The summed E-state index contributed by atoms with van der Waals surface area (Å²) in [6.07, 6.45) is 4.03. The Morgan fingerprint density at radius 2 is 2.20 bits per heavy atom. The molecule has 0 bridgehead atoms. The van der Waals surface area contributed by atoms with Crippen LogP contribution in [0.2, 0.25) is 0 Å². The number of aryl methyl sites for hydroxylation is 1. The minimum Gasteiger partial charge on any atom is -0.385 e. The van der Waals surface area contributed by atoms with Crippen LogP contribution in [0.1, 0.15) is 39.1 Å². The van der Waals surface area contributed by atoms with Crippen molar-refractivity contribution in [1.82, 2.24) is 14.5 Å². The van der Waals surface area contributed by atoms with Crippen LogP contribution in [0.5, 0.6) is 0 Å². The van der Waals surface area contributed by atoms with Gasteiger partial charge in [0.25, 0.3) is 0 Å². The van der Waals surface area contributed by atoms with E-state index in [2.05, 4.69) is 16.9 Å². The Balaban J connectivity index is 2.10. The molecule has 1 N–H and O–H groups in total. The summed E-state index contributed by atoms with van der Waals surface area (Å²) >= 11 is 0. The predicted molar refractivity (Wildman–Crippen MR) is 76.3 cm³/mol. The third-order valence-electron chi connectivity index (χ3n) is 4.65. The maximum absolute atomic E-state index is 10.8. The number of rotatable bonds is 2. The van der Waals surface area contributed by atoms with Crippen molar-refractivity contribution in [3.8, 4) is 0 Å². The minimum atomic E-state index is -0.911. The summed E-state index contributed by atoms with van der Waals surface area (Å²) in [6.45, 7) is 7.93. The van der Waals surface area contributed by atoms with Gasteiger partial charge in [-0.25, -0.2) is 9.97 Å². The molecule has 108 valence electrons. The fraction of sp³-hybridized carbons (Fsp3) is 0.600. The summed E-state index contributed by atoms with van der Waals surface area (Å²) in [4.78, 5) is 8.55. The SMILES string of the molecule is CCC1O[C@@H](n2ccc3c(C)ncnc32)[C@](C)(O)[C@@H]1C. The first-order valence-corrected chi connectivity index (χ1v) is 7.12. The Morgan fingerprint density at radius 3 is 2.85 bits per heavy atom. The number of ether oxygens (including phenoxy) is 1. The highest BCUT2D eigenvalue weighted by Crippen LogP contribution is 2.44. The second-order valence-corrected chi connectivity index (χ2v) is 5.87. The van der Waals surface area contributed by atoms with E-state index in [1.54, 1.807) is 6.33 Å². The second kappa shape index (κ2) is 4.53. The molecule has 0 saturated carbocycles. The maximum Gasteiger partial charge on any atom is 0.164 e. The standard InChI is InChI=1S/C15H21N3O2/c1-5-12-9(2)15(4,19)14(20-12)18-7-6-11-10(3)16-8-17-13(11)18/h6-9,12,14,19H,5H2,1-4H3/t9-,12?,14-,15-/m1/s1. The van der Waals surface area contributed by atoms with Crippen molar-refractivity contribution in [3.05, 3.63) is 24.3 Å². The number of aromatic nitrogens is 3. The summed E-state index contributed by atoms with van der Waals surface area (Å²) in [6, 6.07) is 1.98. The van der Waals surface area contributed by atoms with E-state index in [0.717, 1.165) is 23.1 Å². The lowest BCUT2D eigenvalue weighted by Gasteiger charge is -2.28. The highest BCUT2D eigenvalue weighted by atomic mass is 16.5. The molecule has 0 radical (unpaired) electrons. The highest BCUT2D eigenvalue weighted by molar-refractivity contribution is 5.78. The summed E-state index contributed by atoms with van der Waals surface area (Å²) in [5.74, 6) is 0.0814. The van der Waals surface area contributed by atoms with Gasteiger partial charge >= 0.3 is 0 Å². The predicted octanol–water partition coefficient (Wildman–Crippen LogP) is 2.43. The van der Waals surface area contributed by atoms with Gasteiger partial charge in [-0.1, -0.05) is 13.8 Å². The molecule has 1 unspecified atom stereocenters. The number of aliphatic hydroxyl groups is 1. The van der Waals surface area contributed by atoms with Gasteiger partial charge < -0.3 is 14.4 Å². The van der Waals surface area contributed by atoms with Gasteiger partial charge in [0.05, 0.1) is 11.8 Å². The van der Waals surface area contributed by atoms with Crippen LogP contribution >= 0.6 is 0 Å². The molecule has 1 saturated heterocycles. The van der Waals surface area contributed by atoms with Gasteiger partial charge in [0, 0.05) is 17.5 Å². The Kier molecular flexibility index (Phi) is 3.06. The average molecular weight is 275 g/mol. The highest BCUT2D eigenvalue weighted by Gasteiger charge is 2.50. The Hall–Kier alpha value is -1.46. The Labute approximate surface area is 118 Å². The number of hydrogen-bond donors (Lipinski definition) is 1. The van der Waals surface area contributed by atoms with Crippen molar-refractivity contribution < 1.29 is 9.84 Å². The monoisotopic (exact) mass is 275 g/mol. The molecule has 3 rings (SSSR count). The fourth-order valence-corrected chi connectivity index (χ4v) is 3.11. The van der Waals surface area contributed by atoms with E-state index in [-0.39, 0.29) is 12.0 Å². The molecule has 4 atom stereocenters. The van der Waals surface area contributed by atoms with Crippen LogP contribution in [-0.2, 0) is 4.74 Å². The van der Waals surface area contributed by atoms with Gasteiger partial charge in [0.15, 0.2) is 6.23 Å². The van der Waals surface area contributed by atoms with Crippen molar-refractivity contribution in [2.24, 2.45) is 5.92 Å². The van der Waals surface area contributed by atoms with E-state index in [0.29, 0.717) is 0 Å². The molecule has 0 amide bonds. The van der Waals surface area contributed by atoms with Crippen molar-refractivity contribution in [3.63, 3.8) is 0 Å². The first-order valence-electron chi connectivity index (χ1n) is 7.12. The van der Waals surface area contributed by atoms with Crippen LogP contribution < -0.4 is 0 Å². The van der Waals surface area contributed by atoms with E-state index in [9.17, 15) is 5.11 Å². The van der Waals surface area contributed by atoms with E-state index in [1.165, 1.54) is 0 Å². The first kappa shape index (κ1) is 13.5. The molecular formula is C15H21N3O2. The number of nitrogens with zero attached hydrogens (tertiary/aromatic N) is 3. The molecule has 1 fully saturated rings. The van der Waals surface area contributed by atoms with Gasteiger partial charge in [-0.05, 0) is 26.3 Å². The van der Waals surface area contributed by atoms with Crippen LogP contribution in [0.4, 0.5) is 0 Å². The van der Waals surface area contributed by atoms with Gasteiger partial charge in [-0.15, -0.1) is 0 Å². The Bertz CT molecular complexity index is 635. The molecule has 0 aliphatic carbocycles. The van der Waals surface area contributed by atoms with E-state index < -0.39 is 11.8 Å². The minimum absolute atomic E-state index is 0.0652. The van der Waals surface area contributed by atoms with Gasteiger partial charge in [0.2, 0.25) is 0 Å².